The van der Waals surface area contributed by atoms with Gasteiger partial charge in [0.15, 0.2) is 0 Å². The van der Waals surface area contributed by atoms with E-state index in [0.717, 1.165) is 11.8 Å². The van der Waals surface area contributed by atoms with Crippen LogP contribution in [0.5, 0.6) is 0 Å². The van der Waals surface area contributed by atoms with Gasteiger partial charge in [-0.2, -0.15) is 13.2 Å². The Labute approximate surface area is 119 Å². The van der Waals surface area contributed by atoms with Crippen LogP contribution in [0.25, 0.3) is 0 Å². The van der Waals surface area contributed by atoms with E-state index < -0.39 is 23.7 Å². The minimum atomic E-state index is -4.81. The fraction of sp³-hybridized carbons (Fsp3) is 0.267. The van der Waals surface area contributed by atoms with E-state index in [1.165, 1.54) is 0 Å². The van der Waals surface area contributed by atoms with Crippen LogP contribution in [-0.2, 0) is 6.18 Å². The first kappa shape index (κ1) is 15.4. The number of aromatic nitrogens is 1. The summed E-state index contributed by atoms with van der Waals surface area (Å²) in [5.74, 6) is -1.36. The molecule has 21 heavy (non-hydrogen) atoms. The van der Waals surface area contributed by atoms with Crippen LogP contribution < -0.4 is 0 Å². The van der Waals surface area contributed by atoms with Crippen LogP contribution >= 0.6 is 0 Å². The molecule has 112 valence electrons. The first-order valence-electron chi connectivity index (χ1n) is 6.19. The summed E-state index contributed by atoms with van der Waals surface area (Å²) in [5.41, 5.74) is 0.216. The average molecular weight is 299 g/mol. The molecule has 1 aromatic heterocycles. The van der Waals surface area contributed by atoms with Gasteiger partial charge in [0.1, 0.15) is 11.9 Å². The van der Waals surface area contributed by atoms with E-state index >= 15 is 0 Å². The highest BCUT2D eigenvalue weighted by Gasteiger charge is 2.34. The smallest absolute Gasteiger partial charge is 0.384 e. The van der Waals surface area contributed by atoms with Crippen LogP contribution in [-0.4, -0.2) is 10.1 Å². The van der Waals surface area contributed by atoms with Crippen LogP contribution in [0, 0.1) is 19.7 Å². The number of aryl methyl sites for hydroxylation is 2. The number of hydrogen-bond donors (Lipinski definition) is 1. The van der Waals surface area contributed by atoms with Gasteiger partial charge < -0.3 is 5.11 Å². The zero-order valence-electron chi connectivity index (χ0n) is 11.4. The van der Waals surface area contributed by atoms with Crippen molar-refractivity contribution in [3.63, 3.8) is 0 Å². The summed E-state index contributed by atoms with van der Waals surface area (Å²) in [6.07, 6.45) is -6.10. The lowest BCUT2D eigenvalue weighted by Crippen LogP contribution is -2.11. The van der Waals surface area contributed by atoms with E-state index in [4.69, 9.17) is 0 Å². The molecule has 0 radical (unpaired) electrons. The Balaban J connectivity index is 2.46. The zero-order chi connectivity index (χ0) is 15.8. The lowest BCUT2D eigenvalue weighted by atomic mass is 9.98. The molecule has 0 saturated heterocycles. The van der Waals surface area contributed by atoms with Gasteiger partial charge in [-0.15, -0.1) is 0 Å². The van der Waals surface area contributed by atoms with Crippen LogP contribution in [0.2, 0.25) is 0 Å². The molecule has 0 aliphatic heterocycles. The van der Waals surface area contributed by atoms with Gasteiger partial charge in [0.25, 0.3) is 0 Å². The molecule has 0 aliphatic rings. The van der Waals surface area contributed by atoms with Crippen molar-refractivity contribution in [1.29, 1.82) is 0 Å². The standard InChI is InChI=1S/C15H13F4NO/c1-8-3-5-11(9(2)20-8)14(21)10-4-6-13(16)12(7-10)15(17,18)19/h3-7,14,21H,1-2H3. The average Bonchev–Trinajstić information content (AvgIpc) is 2.37. The Hall–Kier alpha value is -1.95. The van der Waals surface area contributed by atoms with Crippen LogP contribution in [0.1, 0.15) is 34.2 Å². The highest BCUT2D eigenvalue weighted by molar-refractivity contribution is 5.36. The van der Waals surface area contributed by atoms with Crippen molar-refractivity contribution in [2.24, 2.45) is 0 Å². The molecule has 1 aromatic carbocycles. The quantitative estimate of drug-likeness (QED) is 0.852. The van der Waals surface area contributed by atoms with Crippen molar-refractivity contribution in [1.82, 2.24) is 4.98 Å². The molecule has 1 unspecified atom stereocenters. The molecule has 1 heterocycles. The molecular weight excluding hydrogens is 286 g/mol. The summed E-state index contributed by atoms with van der Waals surface area (Å²) in [6, 6.07) is 5.71. The maximum atomic E-state index is 13.2. The number of pyridine rings is 1. The van der Waals surface area contributed by atoms with Crippen molar-refractivity contribution in [3.05, 3.63) is 64.2 Å². The molecule has 2 nitrogen and oxygen atoms in total. The van der Waals surface area contributed by atoms with Crippen LogP contribution in [0.15, 0.2) is 30.3 Å². The molecule has 2 aromatic rings. The molecule has 0 spiro atoms. The van der Waals surface area contributed by atoms with Crippen LogP contribution in [0.3, 0.4) is 0 Å². The fourth-order valence-electron chi connectivity index (χ4n) is 2.10. The Morgan fingerprint density at radius 1 is 1.10 bits per heavy atom. The van der Waals surface area contributed by atoms with Gasteiger partial charge in [-0.3, -0.25) is 4.98 Å². The van der Waals surface area contributed by atoms with Gasteiger partial charge in [-0.1, -0.05) is 12.1 Å². The number of hydrogen-bond acceptors (Lipinski definition) is 2. The molecule has 0 amide bonds. The van der Waals surface area contributed by atoms with Crippen LogP contribution in [0.4, 0.5) is 17.6 Å². The van der Waals surface area contributed by atoms with E-state index in [1.807, 2.05) is 0 Å². The predicted octanol–water partition coefficient (Wildman–Crippen LogP) is 3.94. The van der Waals surface area contributed by atoms with Gasteiger partial charge in [-0.25, -0.2) is 4.39 Å². The third-order valence-corrected chi connectivity index (χ3v) is 3.17. The molecule has 0 saturated carbocycles. The molecule has 2 rings (SSSR count). The molecule has 1 atom stereocenters. The summed E-state index contributed by atoms with van der Waals surface area (Å²) in [7, 11) is 0. The second-order valence-corrected chi connectivity index (χ2v) is 4.77. The summed E-state index contributed by atoms with van der Waals surface area (Å²) in [5, 5.41) is 10.2. The fourth-order valence-corrected chi connectivity index (χ4v) is 2.10. The molecule has 0 fully saturated rings. The topological polar surface area (TPSA) is 33.1 Å². The van der Waals surface area contributed by atoms with E-state index in [2.05, 4.69) is 4.98 Å². The van der Waals surface area contributed by atoms with E-state index in [9.17, 15) is 22.7 Å². The highest BCUT2D eigenvalue weighted by atomic mass is 19.4. The zero-order valence-corrected chi connectivity index (χ0v) is 11.4. The number of alkyl halides is 3. The van der Waals surface area contributed by atoms with E-state index in [0.29, 0.717) is 23.4 Å². The second-order valence-electron chi connectivity index (χ2n) is 4.77. The van der Waals surface area contributed by atoms with Crippen molar-refractivity contribution < 1.29 is 22.7 Å². The second kappa shape index (κ2) is 5.44. The Kier molecular flexibility index (Phi) is 4.00. The lowest BCUT2D eigenvalue weighted by Gasteiger charge is -2.16. The summed E-state index contributed by atoms with van der Waals surface area (Å²) in [6.45, 7) is 3.42. The summed E-state index contributed by atoms with van der Waals surface area (Å²) >= 11 is 0. The van der Waals surface area contributed by atoms with Gasteiger partial charge in [0.2, 0.25) is 0 Å². The maximum Gasteiger partial charge on any atom is 0.419 e. The van der Waals surface area contributed by atoms with E-state index in [-0.39, 0.29) is 5.56 Å². The van der Waals surface area contributed by atoms with Gasteiger partial charge in [-0.05, 0) is 37.6 Å². The van der Waals surface area contributed by atoms with Crippen molar-refractivity contribution >= 4 is 0 Å². The number of rotatable bonds is 2. The Morgan fingerprint density at radius 2 is 1.76 bits per heavy atom. The third-order valence-electron chi connectivity index (χ3n) is 3.17. The molecular formula is C15H13F4NO. The Morgan fingerprint density at radius 3 is 2.33 bits per heavy atom. The molecule has 1 N–H and O–H groups in total. The number of halogens is 4. The third kappa shape index (κ3) is 3.21. The number of nitrogens with zero attached hydrogens (tertiary/aromatic N) is 1. The largest absolute Gasteiger partial charge is 0.419 e. The first-order chi connectivity index (χ1) is 9.70. The number of aliphatic hydroxyl groups excluding tert-OH is 1. The Bertz CT molecular complexity index is 667. The number of aliphatic hydroxyl groups is 1. The number of benzene rings is 1. The minimum Gasteiger partial charge on any atom is -0.384 e. The molecule has 6 heteroatoms. The predicted molar refractivity (Wildman–Crippen MR) is 69.2 cm³/mol. The van der Waals surface area contributed by atoms with Gasteiger partial charge in [0.05, 0.1) is 5.56 Å². The minimum absolute atomic E-state index is 0.0301. The van der Waals surface area contributed by atoms with Gasteiger partial charge >= 0.3 is 6.18 Å². The SMILES string of the molecule is Cc1ccc(C(O)c2ccc(F)c(C(F)(F)F)c2)c(C)n1. The molecule has 0 bridgehead atoms. The maximum absolute atomic E-state index is 13.2. The lowest BCUT2D eigenvalue weighted by molar-refractivity contribution is -0.140. The highest BCUT2D eigenvalue weighted by Crippen LogP contribution is 2.34. The summed E-state index contributed by atoms with van der Waals surface area (Å²) in [4.78, 5) is 4.15. The first-order valence-corrected chi connectivity index (χ1v) is 6.19. The van der Waals surface area contributed by atoms with E-state index in [1.54, 1.807) is 26.0 Å². The van der Waals surface area contributed by atoms with Crippen molar-refractivity contribution in [3.8, 4) is 0 Å². The van der Waals surface area contributed by atoms with Crippen molar-refractivity contribution in [2.45, 2.75) is 26.1 Å². The normalized spacial score (nSPS) is 13.3. The monoisotopic (exact) mass is 299 g/mol. The molecule has 0 aliphatic carbocycles. The summed E-state index contributed by atoms with van der Waals surface area (Å²) < 4.78 is 51.3. The van der Waals surface area contributed by atoms with Crippen molar-refractivity contribution in [2.75, 3.05) is 0 Å². The van der Waals surface area contributed by atoms with Gasteiger partial charge in [0, 0.05) is 17.0 Å².